The Morgan fingerprint density at radius 2 is 1.93 bits per heavy atom. The molecule has 2 rings (SSSR count). The number of ether oxygens (including phenoxy) is 1. The van der Waals surface area contributed by atoms with Crippen LogP contribution in [0.1, 0.15) is 46.5 Å². The molecule has 2 saturated carbocycles. The molecule has 90 valence electrons. The summed E-state index contributed by atoms with van der Waals surface area (Å²) < 4.78 is 6.11. The second kappa shape index (κ2) is 4.23. The molecule has 1 spiro atoms. The van der Waals surface area contributed by atoms with E-state index in [1.807, 2.05) is 0 Å². The molecule has 0 radical (unpaired) electrons. The Hall–Kier alpha value is 0.210. The van der Waals surface area contributed by atoms with Gasteiger partial charge >= 0.3 is 0 Å². The Bertz CT molecular complexity index is 220. The average molecular weight is 234 g/mol. The van der Waals surface area contributed by atoms with Gasteiger partial charge < -0.3 is 10.5 Å². The Morgan fingerprint density at radius 1 is 1.33 bits per heavy atom. The molecule has 2 atom stereocenters. The SMILES string of the molecule is CC(C)(C)OC1CC(CN)C12CCC2.Cl. The monoisotopic (exact) mass is 233 g/mol. The van der Waals surface area contributed by atoms with Crippen LogP contribution in [0.15, 0.2) is 0 Å². The first kappa shape index (κ1) is 13.3. The smallest absolute Gasteiger partial charge is 0.0644 e. The second-order valence-electron chi connectivity index (χ2n) is 5.97. The van der Waals surface area contributed by atoms with Crippen molar-refractivity contribution in [1.82, 2.24) is 0 Å². The van der Waals surface area contributed by atoms with Crippen molar-refractivity contribution < 1.29 is 4.74 Å². The zero-order chi connectivity index (χ0) is 10.4. The van der Waals surface area contributed by atoms with Crippen LogP contribution in [0.4, 0.5) is 0 Å². The van der Waals surface area contributed by atoms with Crippen LogP contribution in [0, 0.1) is 11.3 Å². The number of hydrogen-bond donors (Lipinski definition) is 1. The quantitative estimate of drug-likeness (QED) is 0.796. The largest absolute Gasteiger partial charge is 0.372 e. The lowest BCUT2D eigenvalue weighted by Gasteiger charge is -2.62. The van der Waals surface area contributed by atoms with E-state index in [-0.39, 0.29) is 18.0 Å². The van der Waals surface area contributed by atoms with Gasteiger partial charge in [-0.05, 0) is 52.5 Å². The van der Waals surface area contributed by atoms with Crippen molar-refractivity contribution in [3.05, 3.63) is 0 Å². The van der Waals surface area contributed by atoms with E-state index >= 15 is 0 Å². The lowest BCUT2D eigenvalue weighted by atomic mass is 9.48. The highest BCUT2D eigenvalue weighted by Crippen LogP contribution is 2.61. The minimum Gasteiger partial charge on any atom is -0.372 e. The molecule has 0 amide bonds. The summed E-state index contributed by atoms with van der Waals surface area (Å²) in [6, 6.07) is 0. The average Bonchev–Trinajstić information content (AvgIpc) is 1.91. The first-order chi connectivity index (χ1) is 6.48. The number of halogens is 1. The van der Waals surface area contributed by atoms with E-state index < -0.39 is 0 Å². The number of hydrogen-bond acceptors (Lipinski definition) is 2. The third-order valence-electron chi connectivity index (χ3n) is 4.02. The Balaban J connectivity index is 0.00000112. The molecule has 0 aromatic heterocycles. The zero-order valence-corrected chi connectivity index (χ0v) is 10.9. The van der Waals surface area contributed by atoms with Gasteiger partial charge in [-0.3, -0.25) is 0 Å². The predicted molar refractivity (Wildman–Crippen MR) is 65.3 cm³/mol. The van der Waals surface area contributed by atoms with Crippen LogP contribution in [0.3, 0.4) is 0 Å². The van der Waals surface area contributed by atoms with Crippen molar-refractivity contribution in [1.29, 1.82) is 0 Å². The molecule has 0 aliphatic heterocycles. The maximum absolute atomic E-state index is 6.11. The van der Waals surface area contributed by atoms with E-state index in [0.29, 0.717) is 11.5 Å². The fraction of sp³-hybridized carbons (Fsp3) is 1.00. The molecule has 0 saturated heterocycles. The summed E-state index contributed by atoms with van der Waals surface area (Å²) in [5.41, 5.74) is 6.28. The third kappa shape index (κ3) is 2.17. The Morgan fingerprint density at radius 3 is 2.27 bits per heavy atom. The molecule has 2 fully saturated rings. The van der Waals surface area contributed by atoms with Gasteiger partial charge in [0.05, 0.1) is 11.7 Å². The van der Waals surface area contributed by atoms with Crippen LogP contribution in [-0.2, 0) is 4.74 Å². The van der Waals surface area contributed by atoms with Crippen LogP contribution in [0.5, 0.6) is 0 Å². The highest BCUT2D eigenvalue weighted by molar-refractivity contribution is 5.85. The van der Waals surface area contributed by atoms with Crippen LogP contribution in [0.25, 0.3) is 0 Å². The van der Waals surface area contributed by atoms with Crippen molar-refractivity contribution in [3.63, 3.8) is 0 Å². The first-order valence-electron chi connectivity index (χ1n) is 5.86. The van der Waals surface area contributed by atoms with Crippen molar-refractivity contribution in [2.24, 2.45) is 17.1 Å². The molecule has 2 N–H and O–H groups in total. The molecule has 0 bridgehead atoms. The van der Waals surface area contributed by atoms with Crippen LogP contribution in [0.2, 0.25) is 0 Å². The van der Waals surface area contributed by atoms with Crippen LogP contribution < -0.4 is 5.73 Å². The summed E-state index contributed by atoms with van der Waals surface area (Å²) in [7, 11) is 0. The van der Waals surface area contributed by atoms with Crippen molar-refractivity contribution in [2.75, 3.05) is 6.54 Å². The van der Waals surface area contributed by atoms with E-state index in [2.05, 4.69) is 20.8 Å². The fourth-order valence-corrected chi connectivity index (χ4v) is 3.07. The van der Waals surface area contributed by atoms with Gasteiger partial charge in [0.15, 0.2) is 0 Å². The highest BCUT2D eigenvalue weighted by Gasteiger charge is 2.58. The van der Waals surface area contributed by atoms with E-state index in [4.69, 9.17) is 10.5 Å². The molecule has 2 nitrogen and oxygen atoms in total. The van der Waals surface area contributed by atoms with Crippen molar-refractivity contribution in [3.8, 4) is 0 Å². The first-order valence-corrected chi connectivity index (χ1v) is 5.86. The standard InChI is InChI=1S/C12H23NO.ClH/c1-11(2,3)14-10-7-9(8-13)12(10)5-4-6-12;/h9-10H,4-8,13H2,1-3H3;1H. The molecular formula is C12H24ClNO. The fourth-order valence-electron chi connectivity index (χ4n) is 3.07. The summed E-state index contributed by atoms with van der Waals surface area (Å²) in [5.74, 6) is 0.739. The van der Waals surface area contributed by atoms with Gasteiger partial charge in [0, 0.05) is 5.41 Å². The molecule has 0 heterocycles. The molecule has 0 aromatic carbocycles. The molecule has 0 aromatic rings. The van der Waals surface area contributed by atoms with Gasteiger partial charge in [0.25, 0.3) is 0 Å². The number of rotatable bonds is 2. The van der Waals surface area contributed by atoms with E-state index in [9.17, 15) is 0 Å². The summed E-state index contributed by atoms with van der Waals surface area (Å²) in [6.07, 6.45) is 5.74. The van der Waals surface area contributed by atoms with Crippen LogP contribution >= 0.6 is 12.4 Å². The van der Waals surface area contributed by atoms with E-state index in [1.54, 1.807) is 0 Å². The summed E-state index contributed by atoms with van der Waals surface area (Å²) >= 11 is 0. The summed E-state index contributed by atoms with van der Waals surface area (Å²) in [5, 5.41) is 0. The minimum absolute atomic E-state index is 0. The molecule has 3 heteroatoms. The normalized spacial score (nSPS) is 32.8. The lowest BCUT2D eigenvalue weighted by molar-refractivity contribution is -0.229. The predicted octanol–water partition coefficient (Wildman–Crippen LogP) is 2.74. The lowest BCUT2D eigenvalue weighted by Crippen LogP contribution is -2.61. The van der Waals surface area contributed by atoms with Gasteiger partial charge in [0.2, 0.25) is 0 Å². The summed E-state index contributed by atoms with van der Waals surface area (Å²) in [6.45, 7) is 7.30. The van der Waals surface area contributed by atoms with Gasteiger partial charge in [-0.2, -0.15) is 0 Å². The Kier molecular flexibility index (Phi) is 3.74. The van der Waals surface area contributed by atoms with Crippen molar-refractivity contribution in [2.45, 2.75) is 58.2 Å². The molecular weight excluding hydrogens is 210 g/mol. The topological polar surface area (TPSA) is 35.2 Å². The zero-order valence-electron chi connectivity index (χ0n) is 10.1. The van der Waals surface area contributed by atoms with E-state index in [1.165, 1.54) is 25.7 Å². The Labute approximate surface area is 99.3 Å². The van der Waals surface area contributed by atoms with E-state index in [0.717, 1.165) is 12.5 Å². The van der Waals surface area contributed by atoms with Crippen LogP contribution in [-0.4, -0.2) is 18.2 Å². The van der Waals surface area contributed by atoms with Crippen molar-refractivity contribution >= 4 is 12.4 Å². The van der Waals surface area contributed by atoms with Gasteiger partial charge in [-0.25, -0.2) is 0 Å². The molecule has 2 aliphatic carbocycles. The molecule has 2 unspecified atom stereocenters. The molecule has 2 aliphatic rings. The maximum Gasteiger partial charge on any atom is 0.0644 e. The highest BCUT2D eigenvalue weighted by atomic mass is 35.5. The van der Waals surface area contributed by atoms with Gasteiger partial charge in [-0.1, -0.05) is 6.42 Å². The maximum atomic E-state index is 6.11. The van der Waals surface area contributed by atoms with Gasteiger partial charge in [-0.15, -0.1) is 12.4 Å². The minimum atomic E-state index is 0. The van der Waals surface area contributed by atoms with Gasteiger partial charge in [0.1, 0.15) is 0 Å². The third-order valence-corrected chi connectivity index (χ3v) is 4.02. The second-order valence-corrected chi connectivity index (χ2v) is 5.97. The summed E-state index contributed by atoms with van der Waals surface area (Å²) in [4.78, 5) is 0. The number of nitrogens with two attached hydrogens (primary N) is 1. The molecule has 15 heavy (non-hydrogen) atoms.